The Morgan fingerprint density at radius 2 is 2.00 bits per heavy atom. The Morgan fingerprint density at radius 1 is 1.27 bits per heavy atom. The van der Waals surface area contributed by atoms with Crippen LogP contribution in [0.15, 0.2) is 29.2 Å². The zero-order valence-electron chi connectivity index (χ0n) is 15.0. The first-order chi connectivity index (χ1) is 12.4. The van der Waals surface area contributed by atoms with Gasteiger partial charge in [0.2, 0.25) is 0 Å². The largest absolute Gasteiger partial charge is 0.455 e. The summed E-state index contributed by atoms with van der Waals surface area (Å²) in [4.78, 5) is 26.0. The summed E-state index contributed by atoms with van der Waals surface area (Å²) < 4.78 is 5.40. The summed E-state index contributed by atoms with van der Waals surface area (Å²) in [7, 11) is 0. The summed E-state index contributed by atoms with van der Waals surface area (Å²) in [6.07, 6.45) is 6.79. The molecule has 2 unspecified atom stereocenters. The first kappa shape index (κ1) is 17.9. The number of rotatable bonds is 5. The van der Waals surface area contributed by atoms with Gasteiger partial charge in [-0.15, -0.1) is 11.8 Å². The fourth-order valence-corrected chi connectivity index (χ4v) is 6.09. The number of hydrogen-bond acceptors (Lipinski definition) is 5. The van der Waals surface area contributed by atoms with Gasteiger partial charge in [-0.25, -0.2) is 0 Å². The highest BCUT2D eigenvalue weighted by Gasteiger charge is 2.60. The molecule has 0 heterocycles. The third-order valence-electron chi connectivity index (χ3n) is 6.15. The molecule has 0 saturated heterocycles. The van der Waals surface area contributed by atoms with Crippen molar-refractivity contribution in [2.45, 2.75) is 49.0 Å². The minimum absolute atomic E-state index is 0.280. The van der Waals surface area contributed by atoms with Crippen molar-refractivity contribution in [3.63, 3.8) is 0 Å². The van der Waals surface area contributed by atoms with E-state index in [2.05, 4.69) is 5.32 Å². The van der Waals surface area contributed by atoms with E-state index in [-0.39, 0.29) is 18.5 Å². The molecule has 1 aromatic carbocycles. The van der Waals surface area contributed by atoms with Crippen LogP contribution in [0.5, 0.6) is 0 Å². The molecular weight excluding hydrogens is 350 g/mol. The van der Waals surface area contributed by atoms with Crippen LogP contribution in [0.1, 0.15) is 38.5 Å². The van der Waals surface area contributed by atoms with Crippen LogP contribution in [0.3, 0.4) is 0 Å². The van der Waals surface area contributed by atoms with E-state index in [0.717, 1.165) is 37.0 Å². The maximum atomic E-state index is 12.8. The third kappa shape index (κ3) is 3.37. The molecule has 1 aromatic rings. The molecule has 4 saturated carbocycles. The molecule has 4 bridgehead atoms. The number of hydrogen-bond donors (Lipinski definition) is 2. The summed E-state index contributed by atoms with van der Waals surface area (Å²) in [5, 5.41) is 13.5. The van der Waals surface area contributed by atoms with Gasteiger partial charge >= 0.3 is 5.97 Å². The maximum Gasteiger partial charge on any atom is 0.312 e. The zero-order chi connectivity index (χ0) is 18.4. The van der Waals surface area contributed by atoms with Crippen molar-refractivity contribution in [2.24, 2.45) is 17.3 Å². The monoisotopic (exact) mass is 375 g/mol. The van der Waals surface area contributed by atoms with E-state index >= 15 is 0 Å². The van der Waals surface area contributed by atoms with Gasteiger partial charge in [-0.3, -0.25) is 9.59 Å². The van der Waals surface area contributed by atoms with Crippen molar-refractivity contribution < 1.29 is 19.4 Å². The van der Waals surface area contributed by atoms with E-state index in [1.807, 2.05) is 30.5 Å². The Labute approximate surface area is 157 Å². The van der Waals surface area contributed by atoms with Crippen molar-refractivity contribution in [3.05, 3.63) is 24.3 Å². The number of carbonyl (C=O) groups is 2. The number of amides is 1. The quantitative estimate of drug-likeness (QED) is 0.610. The third-order valence-corrected chi connectivity index (χ3v) is 6.88. The van der Waals surface area contributed by atoms with Crippen LogP contribution in [0.2, 0.25) is 0 Å². The maximum absolute atomic E-state index is 12.8. The number of benzene rings is 1. The highest BCUT2D eigenvalue weighted by Crippen LogP contribution is 2.61. The SMILES string of the molecule is CSc1cccc(NC(=O)COC(=O)C23C[C@@H]4C[C@@H](CC(O)(C4)C2)C3)c1. The molecule has 4 aliphatic carbocycles. The molecule has 4 fully saturated rings. The molecule has 0 spiro atoms. The Balaban J connectivity index is 1.36. The molecule has 26 heavy (non-hydrogen) atoms. The van der Waals surface area contributed by atoms with E-state index < -0.39 is 11.0 Å². The lowest BCUT2D eigenvalue weighted by molar-refractivity contribution is -0.196. The summed E-state index contributed by atoms with van der Waals surface area (Å²) >= 11 is 1.60. The fraction of sp³-hybridized carbons (Fsp3) is 0.600. The molecule has 6 heteroatoms. The number of thioether (sulfide) groups is 1. The second kappa shape index (κ2) is 6.57. The molecule has 4 aliphatic rings. The molecule has 2 N–H and O–H groups in total. The molecule has 0 radical (unpaired) electrons. The summed E-state index contributed by atoms with van der Waals surface area (Å²) in [5.74, 6) is 0.187. The first-order valence-corrected chi connectivity index (χ1v) is 10.5. The highest BCUT2D eigenvalue weighted by molar-refractivity contribution is 7.98. The van der Waals surface area contributed by atoms with E-state index in [9.17, 15) is 14.7 Å². The van der Waals surface area contributed by atoms with Crippen LogP contribution in [-0.4, -0.2) is 35.4 Å². The van der Waals surface area contributed by atoms with Gasteiger partial charge in [-0.05, 0) is 74.8 Å². The number of esters is 1. The van der Waals surface area contributed by atoms with Crippen LogP contribution in [0, 0.1) is 17.3 Å². The van der Waals surface area contributed by atoms with Gasteiger partial charge in [0, 0.05) is 10.6 Å². The van der Waals surface area contributed by atoms with Crippen LogP contribution in [-0.2, 0) is 14.3 Å². The highest BCUT2D eigenvalue weighted by atomic mass is 32.2. The molecule has 4 atom stereocenters. The van der Waals surface area contributed by atoms with Gasteiger partial charge in [0.05, 0.1) is 11.0 Å². The molecule has 140 valence electrons. The number of carbonyl (C=O) groups excluding carboxylic acids is 2. The average molecular weight is 375 g/mol. The van der Waals surface area contributed by atoms with E-state index in [0.29, 0.717) is 23.9 Å². The molecule has 5 nitrogen and oxygen atoms in total. The predicted molar refractivity (Wildman–Crippen MR) is 99.9 cm³/mol. The number of nitrogens with one attached hydrogen (secondary N) is 1. The van der Waals surface area contributed by atoms with Crippen LogP contribution in [0.4, 0.5) is 5.69 Å². The molecule has 0 aromatic heterocycles. The van der Waals surface area contributed by atoms with E-state index in [4.69, 9.17) is 4.74 Å². The Hall–Kier alpha value is -1.53. The predicted octanol–water partition coefficient (Wildman–Crippen LogP) is 3.22. The topological polar surface area (TPSA) is 75.6 Å². The Morgan fingerprint density at radius 3 is 2.65 bits per heavy atom. The van der Waals surface area contributed by atoms with Crippen molar-refractivity contribution >= 4 is 29.3 Å². The standard InChI is InChI=1S/C20H25NO4S/c1-26-16-4-2-3-15(6-16)21-17(22)11-25-18(23)19-7-13-5-14(8-19)10-20(24,9-13)12-19/h2-4,6,13-14,24H,5,7-12H2,1H3,(H,21,22)/t13-,14+,19?,20?. The smallest absolute Gasteiger partial charge is 0.312 e. The number of anilines is 1. The van der Waals surface area contributed by atoms with Gasteiger partial charge < -0.3 is 15.2 Å². The lowest BCUT2D eigenvalue weighted by Crippen LogP contribution is -2.58. The summed E-state index contributed by atoms with van der Waals surface area (Å²) in [5.41, 5.74) is -0.594. The van der Waals surface area contributed by atoms with Crippen LogP contribution >= 0.6 is 11.8 Å². The molecular formula is C20H25NO4S. The Bertz CT molecular complexity index is 720. The van der Waals surface area contributed by atoms with E-state index in [1.54, 1.807) is 11.8 Å². The minimum atomic E-state index is -0.705. The second-order valence-electron chi connectivity index (χ2n) is 8.32. The van der Waals surface area contributed by atoms with Crippen molar-refractivity contribution in [3.8, 4) is 0 Å². The molecule has 5 rings (SSSR count). The van der Waals surface area contributed by atoms with Gasteiger partial charge in [0.25, 0.3) is 5.91 Å². The first-order valence-electron chi connectivity index (χ1n) is 9.23. The van der Waals surface area contributed by atoms with Gasteiger partial charge in [0.15, 0.2) is 6.61 Å². The van der Waals surface area contributed by atoms with Crippen molar-refractivity contribution in [2.75, 3.05) is 18.2 Å². The van der Waals surface area contributed by atoms with Gasteiger partial charge in [-0.2, -0.15) is 0 Å². The van der Waals surface area contributed by atoms with E-state index in [1.165, 1.54) is 0 Å². The fourth-order valence-electron chi connectivity index (χ4n) is 5.64. The van der Waals surface area contributed by atoms with Crippen LogP contribution in [0.25, 0.3) is 0 Å². The van der Waals surface area contributed by atoms with Crippen LogP contribution < -0.4 is 5.32 Å². The van der Waals surface area contributed by atoms with Gasteiger partial charge in [-0.1, -0.05) is 6.07 Å². The second-order valence-corrected chi connectivity index (χ2v) is 9.20. The van der Waals surface area contributed by atoms with Gasteiger partial charge in [0.1, 0.15) is 0 Å². The van der Waals surface area contributed by atoms with Crippen molar-refractivity contribution in [1.29, 1.82) is 0 Å². The molecule has 1 amide bonds. The lowest BCUT2D eigenvalue weighted by Gasteiger charge is -2.58. The summed E-state index contributed by atoms with van der Waals surface area (Å²) in [6.45, 7) is -0.280. The lowest BCUT2D eigenvalue weighted by atomic mass is 9.48. The number of ether oxygens (including phenoxy) is 1. The Kier molecular flexibility index (Phi) is 4.51. The number of aliphatic hydroxyl groups is 1. The van der Waals surface area contributed by atoms with Crippen molar-refractivity contribution in [1.82, 2.24) is 0 Å². The summed E-state index contributed by atoms with van der Waals surface area (Å²) in [6, 6.07) is 7.55. The zero-order valence-corrected chi connectivity index (χ0v) is 15.8. The minimum Gasteiger partial charge on any atom is -0.455 e. The average Bonchev–Trinajstić information content (AvgIpc) is 2.57. The normalized spacial score (nSPS) is 34.5. The molecule has 0 aliphatic heterocycles.